The molecule has 12 nitrogen and oxygen atoms in total. The zero-order chi connectivity index (χ0) is 38.0. The number of allylic oxidation sites excluding steroid dienone is 1. The van der Waals surface area contributed by atoms with Crippen molar-refractivity contribution in [1.29, 1.82) is 0 Å². The largest absolute Gasteiger partial charge is 0.455 e. The lowest BCUT2D eigenvalue weighted by molar-refractivity contribution is -0.392. The first-order valence-electron chi connectivity index (χ1n) is 20.5. The third-order valence-corrected chi connectivity index (χ3v) is 14.3. The quantitative estimate of drug-likeness (QED) is 0.0929. The van der Waals surface area contributed by atoms with Crippen LogP contribution in [0.25, 0.3) is 0 Å². The van der Waals surface area contributed by atoms with Gasteiger partial charge < -0.3 is 43.7 Å². The van der Waals surface area contributed by atoms with Crippen LogP contribution in [-0.4, -0.2) is 96.1 Å². The highest BCUT2D eigenvalue weighted by molar-refractivity contribution is 5.71. The van der Waals surface area contributed by atoms with Crippen molar-refractivity contribution in [1.82, 2.24) is 0 Å². The fourth-order valence-electron chi connectivity index (χ4n) is 11.6. The zero-order valence-electron chi connectivity index (χ0n) is 32.3. The van der Waals surface area contributed by atoms with Crippen molar-refractivity contribution >= 4 is 17.9 Å². The molecule has 3 N–H and O–H groups in total. The number of aliphatic hydroxyl groups excluding tert-OH is 3. The second-order valence-electron chi connectivity index (χ2n) is 17.3. The number of unbranched alkanes of at least 4 members (excludes halogenated alkanes) is 2. The lowest BCUT2D eigenvalue weighted by Gasteiger charge is -2.60. The fourth-order valence-corrected chi connectivity index (χ4v) is 11.6. The van der Waals surface area contributed by atoms with Gasteiger partial charge in [0.2, 0.25) is 12.4 Å². The van der Waals surface area contributed by atoms with E-state index in [0.29, 0.717) is 30.1 Å². The molecule has 5 fully saturated rings. The average Bonchev–Trinajstić information content (AvgIpc) is 3.48. The Labute approximate surface area is 314 Å². The number of carbonyl (C=O) groups is 3. The third kappa shape index (κ3) is 8.10. The smallest absolute Gasteiger partial charge is 0.310 e. The molecule has 0 amide bonds. The third-order valence-electron chi connectivity index (χ3n) is 14.3. The molecule has 3 saturated carbocycles. The monoisotopic (exact) mass is 748 g/mol. The topological polar surface area (TPSA) is 167 Å². The van der Waals surface area contributed by atoms with Crippen LogP contribution in [0.15, 0.2) is 11.6 Å². The van der Waals surface area contributed by atoms with Crippen molar-refractivity contribution in [2.75, 3.05) is 26.4 Å². The van der Waals surface area contributed by atoms with Crippen LogP contribution >= 0.6 is 0 Å². The summed E-state index contributed by atoms with van der Waals surface area (Å²) >= 11 is 0. The van der Waals surface area contributed by atoms with E-state index in [0.717, 1.165) is 30.6 Å². The van der Waals surface area contributed by atoms with E-state index in [1.165, 1.54) is 56.9 Å². The molecule has 4 aliphatic carbocycles. The summed E-state index contributed by atoms with van der Waals surface area (Å²) in [7, 11) is 0. The Hall–Kier alpha value is -2.09. The minimum absolute atomic E-state index is 0.0221. The highest BCUT2D eigenvalue weighted by Crippen LogP contribution is 2.68. The van der Waals surface area contributed by atoms with Gasteiger partial charge in [-0.2, -0.15) is 0 Å². The Morgan fingerprint density at radius 1 is 0.868 bits per heavy atom. The Bertz CT molecular complexity index is 1340. The molecule has 13 unspecified atom stereocenters. The van der Waals surface area contributed by atoms with E-state index in [1.807, 2.05) is 0 Å². The molecule has 2 saturated heterocycles. The normalized spacial score (nSPS) is 40.9. The van der Waals surface area contributed by atoms with Crippen LogP contribution in [0, 0.1) is 40.4 Å². The molecule has 0 bridgehead atoms. The summed E-state index contributed by atoms with van der Waals surface area (Å²) in [6.07, 6.45) is 9.07. The number of ether oxygens (including phenoxy) is 6. The van der Waals surface area contributed by atoms with Gasteiger partial charge in [-0.25, -0.2) is 0 Å². The number of esters is 3. The Kier molecular flexibility index (Phi) is 13.0. The summed E-state index contributed by atoms with van der Waals surface area (Å²) in [5.41, 5.74) is 1.77. The van der Waals surface area contributed by atoms with Crippen molar-refractivity contribution in [2.45, 2.75) is 161 Å². The molecule has 0 radical (unpaired) electrons. The van der Waals surface area contributed by atoms with Crippen LogP contribution in [-0.2, 0) is 42.8 Å². The SMILES string of the molecule is CCCCCC(C)C1CCC2C3CC=C4CC5(CCC4(C)C3CCC12C)OCC1OC(OC(=O)CCO)C(OC(=O)CCO)C(OC(=O)CCO)C1O5. The van der Waals surface area contributed by atoms with E-state index in [9.17, 15) is 29.7 Å². The second-order valence-corrected chi connectivity index (χ2v) is 17.3. The lowest BCUT2D eigenvalue weighted by Crippen LogP contribution is -2.68. The van der Waals surface area contributed by atoms with Crippen molar-refractivity contribution < 1.29 is 58.1 Å². The molecule has 53 heavy (non-hydrogen) atoms. The van der Waals surface area contributed by atoms with Gasteiger partial charge in [-0.1, -0.05) is 65.0 Å². The maximum atomic E-state index is 12.9. The molecular formula is C41H64O12. The molecule has 0 aromatic carbocycles. The van der Waals surface area contributed by atoms with Crippen molar-refractivity contribution in [3.8, 4) is 0 Å². The summed E-state index contributed by atoms with van der Waals surface area (Å²) < 4.78 is 36.5. The molecule has 13 atom stereocenters. The molecule has 300 valence electrons. The highest BCUT2D eigenvalue weighted by Gasteiger charge is 2.63. The number of fused-ring (bicyclic) bond motifs is 6. The van der Waals surface area contributed by atoms with Gasteiger partial charge in [-0.15, -0.1) is 0 Å². The standard InChI is InChI=1S/C41H64O12/c1-5-6-7-8-25(2)28-11-12-29-27-10-9-26-23-41(19-18-39(26,3)30(27)13-17-40(28,29)4)48-24-31-35(53-41)36(50-32(45)14-20-42)37(51-33(46)15-21-43)38(49-31)52-34(47)16-22-44/h9,25,27-31,35-38,42-44H,5-8,10-24H2,1-4H3. The second kappa shape index (κ2) is 17.0. The number of hydrogen-bond donors (Lipinski definition) is 3. The van der Waals surface area contributed by atoms with Gasteiger partial charge in [-0.3, -0.25) is 14.4 Å². The van der Waals surface area contributed by atoms with E-state index in [2.05, 4.69) is 33.8 Å². The predicted molar refractivity (Wildman–Crippen MR) is 192 cm³/mol. The summed E-state index contributed by atoms with van der Waals surface area (Å²) in [6, 6.07) is 0. The molecular weight excluding hydrogens is 684 g/mol. The first-order chi connectivity index (χ1) is 25.4. The molecule has 6 rings (SSSR count). The van der Waals surface area contributed by atoms with Crippen molar-refractivity contribution in [3.63, 3.8) is 0 Å². The zero-order valence-corrected chi connectivity index (χ0v) is 32.3. The van der Waals surface area contributed by atoms with Gasteiger partial charge in [0, 0.05) is 12.8 Å². The average molecular weight is 749 g/mol. The van der Waals surface area contributed by atoms with E-state index in [-0.39, 0.29) is 31.3 Å². The molecule has 2 heterocycles. The maximum Gasteiger partial charge on any atom is 0.310 e. The Morgan fingerprint density at radius 2 is 1.55 bits per heavy atom. The number of aliphatic hydroxyl groups is 3. The molecule has 6 aliphatic rings. The molecule has 12 heteroatoms. The first kappa shape index (κ1) is 40.6. The van der Waals surface area contributed by atoms with Crippen LogP contribution in [0.5, 0.6) is 0 Å². The van der Waals surface area contributed by atoms with Crippen LogP contribution in [0.1, 0.15) is 124 Å². The summed E-state index contributed by atoms with van der Waals surface area (Å²) in [6.45, 7) is 8.50. The van der Waals surface area contributed by atoms with Crippen LogP contribution in [0.3, 0.4) is 0 Å². The number of rotatable bonds is 14. The van der Waals surface area contributed by atoms with E-state index in [4.69, 9.17) is 28.4 Å². The predicted octanol–water partition coefficient (Wildman–Crippen LogP) is 5.13. The van der Waals surface area contributed by atoms with E-state index >= 15 is 0 Å². The number of hydrogen-bond acceptors (Lipinski definition) is 12. The molecule has 0 aromatic rings. The first-order valence-corrected chi connectivity index (χ1v) is 20.5. The Morgan fingerprint density at radius 3 is 2.23 bits per heavy atom. The molecule has 0 aromatic heterocycles. The van der Waals surface area contributed by atoms with Crippen molar-refractivity contribution in [2.24, 2.45) is 40.4 Å². The minimum atomic E-state index is -1.50. The minimum Gasteiger partial charge on any atom is -0.455 e. The van der Waals surface area contributed by atoms with Gasteiger partial charge >= 0.3 is 17.9 Å². The van der Waals surface area contributed by atoms with Crippen molar-refractivity contribution in [3.05, 3.63) is 11.6 Å². The summed E-state index contributed by atoms with van der Waals surface area (Å²) in [5.74, 6) is 0.183. The lowest BCUT2D eigenvalue weighted by atomic mass is 9.46. The van der Waals surface area contributed by atoms with E-state index < -0.39 is 74.2 Å². The van der Waals surface area contributed by atoms with Gasteiger partial charge in [0.1, 0.15) is 12.2 Å². The van der Waals surface area contributed by atoms with E-state index in [1.54, 1.807) is 0 Å². The molecule has 1 spiro atoms. The fraction of sp³-hybridized carbons (Fsp3) is 0.878. The van der Waals surface area contributed by atoms with Crippen LogP contribution in [0.4, 0.5) is 0 Å². The summed E-state index contributed by atoms with van der Waals surface area (Å²) in [5, 5.41) is 28.2. The van der Waals surface area contributed by atoms with Gasteiger partial charge in [-0.05, 0) is 78.9 Å². The van der Waals surface area contributed by atoms with Crippen LogP contribution < -0.4 is 0 Å². The van der Waals surface area contributed by atoms with Gasteiger partial charge in [0.05, 0.1) is 45.7 Å². The van der Waals surface area contributed by atoms with Crippen LogP contribution in [0.2, 0.25) is 0 Å². The molecule has 2 aliphatic heterocycles. The van der Waals surface area contributed by atoms with Gasteiger partial charge in [0.25, 0.3) is 0 Å². The summed E-state index contributed by atoms with van der Waals surface area (Å²) in [4.78, 5) is 38.1. The Balaban J connectivity index is 1.21. The highest BCUT2D eigenvalue weighted by atomic mass is 16.8. The maximum absolute atomic E-state index is 12.9. The number of carbonyl (C=O) groups excluding carboxylic acids is 3. The van der Waals surface area contributed by atoms with Gasteiger partial charge in [0.15, 0.2) is 11.9 Å².